The minimum absolute atomic E-state index is 0.110. The van der Waals surface area contributed by atoms with Crippen LogP contribution in [0.3, 0.4) is 0 Å². The summed E-state index contributed by atoms with van der Waals surface area (Å²) in [5.41, 5.74) is 3.08. The lowest BCUT2D eigenvalue weighted by atomic mass is 9.97. The number of methoxy groups -OCH3 is 1. The predicted octanol–water partition coefficient (Wildman–Crippen LogP) is 4.93. The number of carbonyl (C=O) groups excluding carboxylic acids is 2. The lowest BCUT2D eigenvalue weighted by molar-refractivity contribution is -0.119. The van der Waals surface area contributed by atoms with E-state index in [2.05, 4.69) is 9.97 Å². The first-order valence-corrected chi connectivity index (χ1v) is 10.9. The van der Waals surface area contributed by atoms with Crippen LogP contribution >= 0.6 is 0 Å². The molecule has 1 aliphatic rings. The molecular weight excluding hydrogens is 414 g/mol. The van der Waals surface area contributed by atoms with Crippen LogP contribution in [-0.4, -0.2) is 28.8 Å². The predicted molar refractivity (Wildman–Crippen MR) is 126 cm³/mol. The summed E-state index contributed by atoms with van der Waals surface area (Å²) < 4.78 is 5.22. The van der Waals surface area contributed by atoms with Crippen LogP contribution in [-0.2, 0) is 11.2 Å². The number of carbonyl (C=O) groups is 2. The topological polar surface area (TPSA) is 72.4 Å². The molecule has 1 aliphatic heterocycles. The van der Waals surface area contributed by atoms with E-state index in [1.54, 1.807) is 24.1 Å². The van der Waals surface area contributed by atoms with Gasteiger partial charge in [-0.15, -0.1) is 0 Å². The van der Waals surface area contributed by atoms with Crippen LogP contribution < -0.4 is 9.64 Å². The number of rotatable bonds is 7. The van der Waals surface area contributed by atoms with Crippen LogP contribution in [0.15, 0.2) is 78.9 Å². The Hall–Kier alpha value is -4.06. The molecule has 0 aliphatic carbocycles. The van der Waals surface area contributed by atoms with Gasteiger partial charge in [0.1, 0.15) is 11.6 Å². The summed E-state index contributed by atoms with van der Waals surface area (Å²) in [6.45, 7) is 0. The van der Waals surface area contributed by atoms with E-state index in [0.29, 0.717) is 35.8 Å². The minimum atomic E-state index is -0.396. The van der Waals surface area contributed by atoms with Gasteiger partial charge in [-0.3, -0.25) is 14.5 Å². The highest BCUT2D eigenvalue weighted by atomic mass is 16.5. The van der Waals surface area contributed by atoms with Crippen LogP contribution in [0, 0.1) is 0 Å². The van der Waals surface area contributed by atoms with Crippen LogP contribution in [0.5, 0.6) is 5.88 Å². The molecule has 4 aromatic rings. The number of hydrogen-bond donors (Lipinski definition) is 0. The van der Waals surface area contributed by atoms with Gasteiger partial charge >= 0.3 is 0 Å². The second-order valence-corrected chi connectivity index (χ2v) is 8.08. The maximum Gasteiger partial charge on any atom is 0.260 e. The molecule has 3 heterocycles. The van der Waals surface area contributed by atoms with Crippen LogP contribution in [0.25, 0.3) is 11.0 Å². The third kappa shape index (κ3) is 4.07. The number of aryl methyl sites for hydroxylation is 1. The first kappa shape index (κ1) is 20.8. The zero-order valence-electron chi connectivity index (χ0n) is 18.3. The van der Waals surface area contributed by atoms with E-state index in [1.165, 1.54) is 0 Å². The Kier molecular flexibility index (Phi) is 5.57. The van der Waals surface area contributed by atoms with Crippen molar-refractivity contribution in [3.8, 4) is 5.88 Å². The molecule has 0 radical (unpaired) electrons. The molecule has 2 aromatic carbocycles. The molecule has 1 unspecified atom stereocenters. The molecule has 1 atom stereocenters. The average molecular weight is 437 g/mol. The fourth-order valence-corrected chi connectivity index (χ4v) is 4.32. The number of benzene rings is 2. The summed E-state index contributed by atoms with van der Waals surface area (Å²) in [4.78, 5) is 37.0. The number of hydrogen-bond acceptors (Lipinski definition) is 5. The van der Waals surface area contributed by atoms with E-state index < -0.39 is 6.04 Å². The standard InChI is InChI=1S/C27H23N3O3/c1-33-25-16-13-19-12-15-24(28-26(19)29-25)30-23(21-9-5-6-10-22(21)27(30)32)17-20(31)14-11-18-7-3-2-4-8-18/h2-10,12-13,15-16,23H,11,14,17H2,1H3. The summed E-state index contributed by atoms with van der Waals surface area (Å²) in [7, 11) is 1.55. The van der Waals surface area contributed by atoms with Gasteiger partial charge in [0.25, 0.3) is 5.91 Å². The molecule has 0 fully saturated rings. The molecule has 0 saturated heterocycles. The van der Waals surface area contributed by atoms with E-state index in [1.807, 2.05) is 66.7 Å². The van der Waals surface area contributed by atoms with Crippen molar-refractivity contribution in [1.29, 1.82) is 0 Å². The Bertz CT molecular complexity index is 1340. The average Bonchev–Trinajstić information content (AvgIpc) is 3.14. The number of anilines is 1. The van der Waals surface area contributed by atoms with Gasteiger partial charge in [-0.2, -0.15) is 4.98 Å². The van der Waals surface area contributed by atoms with Gasteiger partial charge in [0.05, 0.1) is 13.2 Å². The third-order valence-corrected chi connectivity index (χ3v) is 6.01. The van der Waals surface area contributed by atoms with E-state index in [0.717, 1.165) is 16.5 Å². The van der Waals surface area contributed by atoms with Crippen molar-refractivity contribution in [1.82, 2.24) is 9.97 Å². The zero-order chi connectivity index (χ0) is 22.8. The van der Waals surface area contributed by atoms with Crippen molar-refractivity contribution >= 4 is 28.5 Å². The second kappa shape index (κ2) is 8.82. The Morgan fingerprint density at radius 1 is 0.939 bits per heavy atom. The molecule has 0 N–H and O–H groups in total. The lowest BCUT2D eigenvalue weighted by Crippen LogP contribution is -2.30. The van der Waals surface area contributed by atoms with Crippen molar-refractivity contribution < 1.29 is 14.3 Å². The highest BCUT2D eigenvalue weighted by Crippen LogP contribution is 2.39. The summed E-state index contributed by atoms with van der Waals surface area (Å²) in [6, 6.07) is 24.4. The number of ketones is 1. The van der Waals surface area contributed by atoms with Crippen molar-refractivity contribution in [2.45, 2.75) is 25.3 Å². The Balaban J connectivity index is 1.45. The molecule has 6 nitrogen and oxygen atoms in total. The van der Waals surface area contributed by atoms with Crippen molar-refractivity contribution in [3.05, 3.63) is 95.6 Å². The molecular formula is C27H23N3O3. The van der Waals surface area contributed by atoms with Crippen molar-refractivity contribution in [2.24, 2.45) is 0 Å². The van der Waals surface area contributed by atoms with E-state index in [9.17, 15) is 9.59 Å². The van der Waals surface area contributed by atoms with Gasteiger partial charge in [-0.05, 0) is 41.8 Å². The number of Topliss-reactive ketones (excluding diaryl/α,β-unsaturated/α-hetero) is 1. The van der Waals surface area contributed by atoms with Gasteiger partial charge in [0.2, 0.25) is 5.88 Å². The highest BCUT2D eigenvalue weighted by Gasteiger charge is 2.39. The fraction of sp³-hybridized carbons (Fsp3) is 0.185. The van der Waals surface area contributed by atoms with E-state index in [-0.39, 0.29) is 18.1 Å². The molecule has 2 aromatic heterocycles. The molecule has 1 amide bonds. The molecule has 164 valence electrons. The number of nitrogens with zero attached hydrogens (tertiary/aromatic N) is 3. The second-order valence-electron chi connectivity index (χ2n) is 8.08. The van der Waals surface area contributed by atoms with Gasteiger partial charge in [-0.1, -0.05) is 48.5 Å². The molecule has 6 heteroatoms. The first-order valence-electron chi connectivity index (χ1n) is 10.9. The first-order chi connectivity index (χ1) is 16.1. The van der Waals surface area contributed by atoms with Crippen LogP contribution in [0.2, 0.25) is 0 Å². The normalized spacial score (nSPS) is 15.0. The maximum absolute atomic E-state index is 13.4. The molecule has 5 rings (SSSR count). The quantitative estimate of drug-likeness (QED) is 0.410. The Labute approximate surface area is 191 Å². The smallest absolute Gasteiger partial charge is 0.260 e. The van der Waals surface area contributed by atoms with E-state index >= 15 is 0 Å². The molecule has 0 saturated carbocycles. The SMILES string of the molecule is COc1ccc2ccc(N3C(=O)c4ccccc4C3CC(=O)CCc3ccccc3)nc2n1. The third-order valence-electron chi connectivity index (χ3n) is 6.01. The summed E-state index contributed by atoms with van der Waals surface area (Å²) in [5, 5.41) is 0.846. The summed E-state index contributed by atoms with van der Waals surface area (Å²) in [6.07, 6.45) is 1.34. The van der Waals surface area contributed by atoms with E-state index in [4.69, 9.17) is 4.74 Å². The monoisotopic (exact) mass is 437 g/mol. The fourth-order valence-electron chi connectivity index (χ4n) is 4.32. The van der Waals surface area contributed by atoms with Gasteiger partial charge in [0.15, 0.2) is 5.65 Å². The lowest BCUT2D eigenvalue weighted by Gasteiger charge is -2.24. The van der Waals surface area contributed by atoms with Crippen molar-refractivity contribution in [3.63, 3.8) is 0 Å². The van der Waals surface area contributed by atoms with Crippen LogP contribution in [0.1, 0.15) is 40.4 Å². The summed E-state index contributed by atoms with van der Waals surface area (Å²) in [5.74, 6) is 0.890. The zero-order valence-corrected chi connectivity index (χ0v) is 18.3. The molecule has 0 spiro atoms. The largest absolute Gasteiger partial charge is 0.481 e. The van der Waals surface area contributed by atoms with Gasteiger partial charge in [0, 0.05) is 29.9 Å². The Morgan fingerprint density at radius 2 is 1.70 bits per heavy atom. The van der Waals surface area contributed by atoms with Gasteiger partial charge in [-0.25, -0.2) is 4.98 Å². The van der Waals surface area contributed by atoms with Crippen molar-refractivity contribution in [2.75, 3.05) is 12.0 Å². The van der Waals surface area contributed by atoms with Gasteiger partial charge < -0.3 is 4.74 Å². The van der Waals surface area contributed by atoms with Crippen LogP contribution in [0.4, 0.5) is 5.82 Å². The number of aromatic nitrogens is 2. The number of fused-ring (bicyclic) bond motifs is 2. The number of pyridine rings is 2. The highest BCUT2D eigenvalue weighted by molar-refractivity contribution is 6.11. The minimum Gasteiger partial charge on any atom is -0.481 e. The Morgan fingerprint density at radius 3 is 2.52 bits per heavy atom. The molecule has 33 heavy (non-hydrogen) atoms. The maximum atomic E-state index is 13.4. The number of amides is 1. The number of ether oxygens (including phenoxy) is 1. The molecule has 0 bridgehead atoms. The summed E-state index contributed by atoms with van der Waals surface area (Å²) >= 11 is 0.